The molecule has 0 unspecified atom stereocenters. The Hall–Kier alpha value is -6.71. The van der Waals surface area contributed by atoms with Crippen molar-refractivity contribution >= 4 is 21.7 Å². The van der Waals surface area contributed by atoms with Gasteiger partial charge >= 0.3 is 0 Å². The SMILES string of the molecule is c1ccc(-c2cc(-c3ccccc3)nc(-c3ccc(-c4cc5nc(-c6ccccc6)cc(-c6ccccc6)c5c5ccccc45)cc3)n2)cc1. The van der Waals surface area contributed by atoms with E-state index >= 15 is 0 Å². The molecule has 50 heavy (non-hydrogen) atoms. The Kier molecular flexibility index (Phi) is 7.49. The second-order valence-electron chi connectivity index (χ2n) is 12.4. The molecule has 9 aromatic rings. The fourth-order valence-corrected chi connectivity index (χ4v) is 6.83. The Bertz CT molecular complexity index is 2540. The maximum atomic E-state index is 5.29. The second kappa shape index (κ2) is 12.7. The molecular weight excluding hydrogens is 607 g/mol. The average Bonchev–Trinajstić information content (AvgIpc) is 3.21. The third-order valence-corrected chi connectivity index (χ3v) is 9.29. The van der Waals surface area contributed by atoms with Gasteiger partial charge in [-0.3, -0.25) is 0 Å². The number of rotatable bonds is 6. The van der Waals surface area contributed by atoms with Gasteiger partial charge < -0.3 is 0 Å². The number of fused-ring (bicyclic) bond motifs is 3. The summed E-state index contributed by atoms with van der Waals surface area (Å²) in [5.41, 5.74) is 12.5. The molecule has 0 N–H and O–H groups in total. The lowest BCUT2D eigenvalue weighted by atomic mass is 9.90. The lowest BCUT2D eigenvalue weighted by molar-refractivity contribution is 1.18. The van der Waals surface area contributed by atoms with Crippen LogP contribution in [0.3, 0.4) is 0 Å². The number of pyridine rings is 1. The van der Waals surface area contributed by atoms with Crippen LogP contribution in [0.4, 0.5) is 0 Å². The molecule has 7 aromatic carbocycles. The third-order valence-electron chi connectivity index (χ3n) is 9.29. The van der Waals surface area contributed by atoms with E-state index in [0.29, 0.717) is 5.82 Å². The standard InChI is InChI=1S/C47H31N3/c1-5-15-32(16-6-1)41-30-42(34-17-7-2-8-18-34)48-45-29-40(38-23-13-14-24-39(38)46(41)45)33-25-27-37(28-26-33)47-49-43(35-19-9-3-10-20-35)31-44(50-47)36-21-11-4-12-22-36/h1-31H. The quantitative estimate of drug-likeness (QED) is 0.170. The molecule has 0 fully saturated rings. The van der Waals surface area contributed by atoms with Gasteiger partial charge in [-0.15, -0.1) is 0 Å². The first kappa shape index (κ1) is 29.4. The van der Waals surface area contributed by atoms with Gasteiger partial charge in [-0.1, -0.05) is 170 Å². The summed E-state index contributed by atoms with van der Waals surface area (Å²) in [7, 11) is 0. The number of nitrogens with zero attached hydrogens (tertiary/aromatic N) is 3. The van der Waals surface area contributed by atoms with Crippen LogP contribution in [0.5, 0.6) is 0 Å². The van der Waals surface area contributed by atoms with E-state index in [1.54, 1.807) is 0 Å². The van der Waals surface area contributed by atoms with Gasteiger partial charge in [0.2, 0.25) is 0 Å². The lowest BCUT2D eigenvalue weighted by Gasteiger charge is -2.16. The summed E-state index contributed by atoms with van der Waals surface area (Å²) in [6, 6.07) is 65.6. The highest BCUT2D eigenvalue weighted by Crippen LogP contribution is 2.41. The zero-order chi connectivity index (χ0) is 33.3. The lowest BCUT2D eigenvalue weighted by Crippen LogP contribution is -1.96. The molecule has 0 radical (unpaired) electrons. The first-order valence-electron chi connectivity index (χ1n) is 16.9. The highest BCUT2D eigenvalue weighted by molar-refractivity contribution is 6.18. The van der Waals surface area contributed by atoms with Crippen LogP contribution in [0.25, 0.3) is 89.1 Å². The van der Waals surface area contributed by atoms with Crippen LogP contribution in [0.1, 0.15) is 0 Å². The Morgan fingerprint density at radius 3 is 1.24 bits per heavy atom. The Labute approximate surface area is 291 Å². The van der Waals surface area contributed by atoms with E-state index in [0.717, 1.165) is 61.4 Å². The van der Waals surface area contributed by atoms with Gasteiger partial charge in [0, 0.05) is 27.6 Å². The van der Waals surface area contributed by atoms with Crippen LogP contribution in [0.2, 0.25) is 0 Å². The second-order valence-corrected chi connectivity index (χ2v) is 12.4. The highest BCUT2D eigenvalue weighted by atomic mass is 14.9. The summed E-state index contributed by atoms with van der Waals surface area (Å²) < 4.78 is 0. The van der Waals surface area contributed by atoms with Crippen molar-refractivity contribution in [3.63, 3.8) is 0 Å². The normalized spacial score (nSPS) is 11.2. The van der Waals surface area contributed by atoms with Gasteiger partial charge in [0.15, 0.2) is 5.82 Å². The summed E-state index contributed by atoms with van der Waals surface area (Å²) in [5.74, 6) is 0.696. The molecule has 9 rings (SSSR count). The van der Waals surface area contributed by atoms with Crippen LogP contribution < -0.4 is 0 Å². The van der Waals surface area contributed by atoms with Gasteiger partial charge in [0.25, 0.3) is 0 Å². The summed E-state index contributed by atoms with van der Waals surface area (Å²) in [4.78, 5) is 15.4. The van der Waals surface area contributed by atoms with Gasteiger partial charge in [0.05, 0.1) is 22.6 Å². The summed E-state index contributed by atoms with van der Waals surface area (Å²) in [6.07, 6.45) is 0. The molecule has 0 aliphatic rings. The summed E-state index contributed by atoms with van der Waals surface area (Å²) >= 11 is 0. The predicted molar refractivity (Wildman–Crippen MR) is 207 cm³/mol. The van der Waals surface area contributed by atoms with Crippen LogP contribution >= 0.6 is 0 Å². The molecule has 0 amide bonds. The van der Waals surface area contributed by atoms with E-state index in [1.807, 2.05) is 42.5 Å². The summed E-state index contributed by atoms with van der Waals surface area (Å²) in [5, 5.41) is 3.53. The smallest absolute Gasteiger partial charge is 0.160 e. The molecule has 3 nitrogen and oxygen atoms in total. The molecule has 0 saturated heterocycles. The van der Waals surface area contributed by atoms with Crippen molar-refractivity contribution in [1.29, 1.82) is 0 Å². The van der Waals surface area contributed by atoms with E-state index < -0.39 is 0 Å². The Morgan fingerprint density at radius 2 is 0.700 bits per heavy atom. The van der Waals surface area contributed by atoms with Crippen molar-refractivity contribution in [2.45, 2.75) is 0 Å². The molecule has 0 spiro atoms. The molecule has 0 bridgehead atoms. The third kappa shape index (κ3) is 5.51. The monoisotopic (exact) mass is 637 g/mol. The van der Waals surface area contributed by atoms with Crippen molar-refractivity contribution in [3.05, 3.63) is 188 Å². The first-order valence-corrected chi connectivity index (χ1v) is 16.9. The van der Waals surface area contributed by atoms with Crippen LogP contribution in [-0.4, -0.2) is 15.0 Å². The first-order chi connectivity index (χ1) is 24.8. The van der Waals surface area contributed by atoms with Crippen LogP contribution in [0, 0.1) is 0 Å². The molecule has 0 aliphatic carbocycles. The van der Waals surface area contributed by atoms with Gasteiger partial charge in [0.1, 0.15) is 0 Å². The van der Waals surface area contributed by atoms with Crippen LogP contribution in [-0.2, 0) is 0 Å². The Morgan fingerprint density at radius 1 is 0.280 bits per heavy atom. The average molecular weight is 638 g/mol. The van der Waals surface area contributed by atoms with E-state index in [-0.39, 0.29) is 0 Å². The van der Waals surface area contributed by atoms with E-state index in [4.69, 9.17) is 15.0 Å². The van der Waals surface area contributed by atoms with Crippen molar-refractivity contribution < 1.29 is 0 Å². The zero-order valence-electron chi connectivity index (χ0n) is 27.2. The van der Waals surface area contributed by atoms with Gasteiger partial charge in [-0.2, -0.15) is 0 Å². The van der Waals surface area contributed by atoms with E-state index in [2.05, 4.69) is 146 Å². The minimum Gasteiger partial charge on any atom is -0.248 e. The minimum absolute atomic E-state index is 0.696. The maximum Gasteiger partial charge on any atom is 0.160 e. The van der Waals surface area contributed by atoms with Crippen molar-refractivity contribution in [2.75, 3.05) is 0 Å². The van der Waals surface area contributed by atoms with Crippen LogP contribution in [0.15, 0.2) is 188 Å². The zero-order valence-corrected chi connectivity index (χ0v) is 27.2. The van der Waals surface area contributed by atoms with E-state index in [1.165, 1.54) is 21.9 Å². The topological polar surface area (TPSA) is 38.7 Å². The minimum atomic E-state index is 0.696. The molecule has 2 heterocycles. The molecular formula is C47H31N3. The van der Waals surface area contributed by atoms with Crippen molar-refractivity contribution in [2.24, 2.45) is 0 Å². The van der Waals surface area contributed by atoms with Gasteiger partial charge in [-0.25, -0.2) is 15.0 Å². The van der Waals surface area contributed by atoms with Crippen molar-refractivity contribution in [3.8, 4) is 67.4 Å². The number of hydrogen-bond acceptors (Lipinski definition) is 3. The molecule has 234 valence electrons. The Balaban J connectivity index is 1.21. The number of aromatic nitrogens is 3. The highest BCUT2D eigenvalue weighted by Gasteiger charge is 2.17. The molecule has 0 atom stereocenters. The molecule has 3 heteroatoms. The molecule has 2 aromatic heterocycles. The number of hydrogen-bond donors (Lipinski definition) is 0. The van der Waals surface area contributed by atoms with E-state index in [9.17, 15) is 0 Å². The number of benzene rings is 7. The largest absolute Gasteiger partial charge is 0.248 e. The molecule has 0 saturated carbocycles. The fourth-order valence-electron chi connectivity index (χ4n) is 6.83. The van der Waals surface area contributed by atoms with Crippen molar-refractivity contribution in [1.82, 2.24) is 15.0 Å². The summed E-state index contributed by atoms with van der Waals surface area (Å²) in [6.45, 7) is 0. The van der Waals surface area contributed by atoms with Gasteiger partial charge in [-0.05, 0) is 51.2 Å². The fraction of sp³-hybridized carbons (Fsp3) is 0. The predicted octanol–water partition coefficient (Wildman–Crippen LogP) is 12.2. The maximum absolute atomic E-state index is 5.29. The molecule has 0 aliphatic heterocycles.